The number of nitrogens with zero attached hydrogens (tertiary/aromatic N) is 3. The molecule has 1 fully saturated rings. The van der Waals surface area contributed by atoms with E-state index in [1.54, 1.807) is 4.90 Å². The third-order valence-corrected chi connectivity index (χ3v) is 6.07. The minimum absolute atomic E-state index is 0.0618. The molecule has 6 nitrogen and oxygen atoms in total. The molecule has 1 unspecified atom stereocenters. The zero-order valence-corrected chi connectivity index (χ0v) is 18.2. The summed E-state index contributed by atoms with van der Waals surface area (Å²) in [5.74, 6) is -0.0618. The maximum Gasteiger partial charge on any atom is 0.254 e. The van der Waals surface area contributed by atoms with Gasteiger partial charge in [0.25, 0.3) is 5.91 Å². The number of carbonyl (C=O) groups excluding carboxylic acids is 1. The Kier molecular flexibility index (Phi) is 5.55. The third-order valence-electron chi connectivity index (χ3n) is 5.74. The average molecular weight is 447 g/mol. The van der Waals surface area contributed by atoms with Gasteiger partial charge in [-0.25, -0.2) is 4.68 Å². The van der Waals surface area contributed by atoms with Crippen LogP contribution in [0.1, 0.15) is 23.2 Å². The summed E-state index contributed by atoms with van der Waals surface area (Å²) in [4.78, 5) is 14.7. The molecule has 4 aromatic rings. The number of fused-ring (bicyclic) bond motifs is 1. The van der Waals surface area contributed by atoms with Gasteiger partial charge in [0.05, 0.1) is 34.2 Å². The SMILES string of the molecule is O=C(c1cccc(-n2ncc3cc(Nc4ccccc4Cl)ccc32)c1)N1CCCC(O)C1. The number of rotatable bonds is 4. The number of benzene rings is 3. The van der Waals surface area contributed by atoms with E-state index in [1.807, 2.05) is 77.6 Å². The van der Waals surface area contributed by atoms with E-state index in [0.717, 1.165) is 40.8 Å². The molecule has 2 heterocycles. The van der Waals surface area contributed by atoms with Gasteiger partial charge in [0.1, 0.15) is 0 Å². The second kappa shape index (κ2) is 8.65. The predicted molar refractivity (Wildman–Crippen MR) is 127 cm³/mol. The molecule has 1 atom stereocenters. The molecule has 0 aliphatic carbocycles. The average Bonchev–Trinajstić information content (AvgIpc) is 3.23. The number of aromatic nitrogens is 2. The van der Waals surface area contributed by atoms with Crippen LogP contribution >= 0.6 is 11.6 Å². The molecule has 32 heavy (non-hydrogen) atoms. The number of aliphatic hydroxyl groups excluding tert-OH is 1. The highest BCUT2D eigenvalue weighted by Gasteiger charge is 2.23. The van der Waals surface area contributed by atoms with Gasteiger partial charge >= 0.3 is 0 Å². The van der Waals surface area contributed by atoms with Crippen molar-refractivity contribution in [1.29, 1.82) is 0 Å². The molecule has 162 valence electrons. The molecule has 5 rings (SSSR count). The van der Waals surface area contributed by atoms with E-state index < -0.39 is 6.10 Å². The quantitative estimate of drug-likeness (QED) is 0.461. The van der Waals surface area contributed by atoms with Crippen LogP contribution in [0.4, 0.5) is 11.4 Å². The Morgan fingerprint density at radius 2 is 1.97 bits per heavy atom. The lowest BCUT2D eigenvalue weighted by molar-refractivity contribution is 0.0474. The number of hydrogen-bond donors (Lipinski definition) is 2. The third kappa shape index (κ3) is 4.07. The van der Waals surface area contributed by atoms with Crippen molar-refractivity contribution >= 4 is 39.8 Å². The maximum atomic E-state index is 12.9. The molecule has 1 amide bonds. The normalized spacial score (nSPS) is 16.3. The number of anilines is 2. The smallest absolute Gasteiger partial charge is 0.254 e. The number of piperidine rings is 1. The Hall–Kier alpha value is -3.35. The van der Waals surface area contributed by atoms with Gasteiger partial charge in [0.15, 0.2) is 0 Å². The summed E-state index contributed by atoms with van der Waals surface area (Å²) < 4.78 is 1.83. The first-order valence-electron chi connectivity index (χ1n) is 10.7. The van der Waals surface area contributed by atoms with Crippen molar-refractivity contribution in [2.75, 3.05) is 18.4 Å². The van der Waals surface area contributed by atoms with Crippen LogP contribution in [0.2, 0.25) is 5.02 Å². The Morgan fingerprint density at radius 3 is 2.81 bits per heavy atom. The Labute approximate surface area is 191 Å². The monoisotopic (exact) mass is 446 g/mol. The molecule has 0 saturated carbocycles. The van der Waals surface area contributed by atoms with E-state index in [-0.39, 0.29) is 5.91 Å². The number of hydrogen-bond acceptors (Lipinski definition) is 4. The molecule has 1 saturated heterocycles. The lowest BCUT2D eigenvalue weighted by atomic mass is 10.1. The van der Waals surface area contributed by atoms with E-state index in [1.165, 1.54) is 0 Å². The van der Waals surface area contributed by atoms with Gasteiger partial charge in [-0.05, 0) is 61.4 Å². The predicted octanol–water partition coefficient (Wildman–Crippen LogP) is 5.02. The van der Waals surface area contributed by atoms with Crippen molar-refractivity contribution in [3.63, 3.8) is 0 Å². The minimum Gasteiger partial charge on any atom is -0.391 e. The number of nitrogens with one attached hydrogen (secondary N) is 1. The van der Waals surface area contributed by atoms with E-state index in [0.29, 0.717) is 23.7 Å². The number of para-hydroxylation sites is 1. The number of likely N-dealkylation sites (tertiary alicyclic amines) is 1. The summed E-state index contributed by atoms with van der Waals surface area (Å²) in [7, 11) is 0. The number of carbonyl (C=O) groups is 1. The Balaban J connectivity index is 1.42. The molecule has 3 aromatic carbocycles. The van der Waals surface area contributed by atoms with Gasteiger partial charge in [-0.2, -0.15) is 5.10 Å². The van der Waals surface area contributed by atoms with Crippen LogP contribution in [0.5, 0.6) is 0 Å². The van der Waals surface area contributed by atoms with E-state index >= 15 is 0 Å². The minimum atomic E-state index is -0.445. The van der Waals surface area contributed by atoms with Crippen LogP contribution in [-0.4, -0.2) is 44.9 Å². The number of halogens is 1. The fourth-order valence-corrected chi connectivity index (χ4v) is 4.31. The Bertz CT molecular complexity index is 1290. The van der Waals surface area contributed by atoms with Gasteiger partial charge in [0.2, 0.25) is 0 Å². The molecule has 0 bridgehead atoms. The lowest BCUT2D eigenvalue weighted by Crippen LogP contribution is -2.42. The van der Waals surface area contributed by atoms with Crippen molar-refractivity contribution in [1.82, 2.24) is 14.7 Å². The fraction of sp³-hybridized carbons (Fsp3) is 0.200. The largest absolute Gasteiger partial charge is 0.391 e. The zero-order valence-electron chi connectivity index (χ0n) is 17.4. The molecule has 1 aromatic heterocycles. The number of β-amino-alcohol motifs (C(OH)–C–C–N with tert-alkyl or cyclic N) is 1. The van der Waals surface area contributed by atoms with Gasteiger partial charge in [-0.3, -0.25) is 4.79 Å². The topological polar surface area (TPSA) is 70.4 Å². The van der Waals surface area contributed by atoms with Crippen LogP contribution in [0.3, 0.4) is 0 Å². The fourth-order valence-electron chi connectivity index (χ4n) is 4.13. The van der Waals surface area contributed by atoms with Crippen LogP contribution in [-0.2, 0) is 0 Å². The number of aliphatic hydroxyl groups is 1. The first-order valence-corrected chi connectivity index (χ1v) is 11.0. The van der Waals surface area contributed by atoms with Crippen LogP contribution in [0.15, 0.2) is 72.9 Å². The van der Waals surface area contributed by atoms with E-state index in [4.69, 9.17) is 11.6 Å². The lowest BCUT2D eigenvalue weighted by Gasteiger charge is -2.30. The molecular weight excluding hydrogens is 424 g/mol. The first-order chi connectivity index (χ1) is 15.6. The number of amides is 1. The van der Waals surface area contributed by atoms with Crippen LogP contribution < -0.4 is 5.32 Å². The molecular formula is C25H23ClN4O2. The van der Waals surface area contributed by atoms with Gasteiger partial charge < -0.3 is 15.3 Å². The maximum absolute atomic E-state index is 12.9. The van der Waals surface area contributed by atoms with Crippen LogP contribution in [0.25, 0.3) is 16.6 Å². The van der Waals surface area contributed by atoms with Crippen molar-refractivity contribution in [3.8, 4) is 5.69 Å². The van der Waals surface area contributed by atoms with Gasteiger partial charge in [0, 0.05) is 29.7 Å². The summed E-state index contributed by atoms with van der Waals surface area (Å²) in [6.45, 7) is 1.06. The van der Waals surface area contributed by atoms with Crippen molar-refractivity contribution in [3.05, 3.63) is 83.5 Å². The second-order valence-electron chi connectivity index (χ2n) is 8.03. The molecule has 7 heteroatoms. The molecule has 1 aliphatic rings. The first kappa shape index (κ1) is 20.5. The summed E-state index contributed by atoms with van der Waals surface area (Å²) in [5.41, 5.74) is 4.10. The second-order valence-corrected chi connectivity index (χ2v) is 8.44. The molecule has 1 aliphatic heterocycles. The van der Waals surface area contributed by atoms with E-state index in [9.17, 15) is 9.90 Å². The summed E-state index contributed by atoms with van der Waals surface area (Å²) in [6.07, 6.45) is 2.93. The summed E-state index contributed by atoms with van der Waals surface area (Å²) in [6, 6.07) is 21.1. The molecule has 0 radical (unpaired) electrons. The summed E-state index contributed by atoms with van der Waals surface area (Å²) in [5, 5.41) is 19.4. The zero-order chi connectivity index (χ0) is 22.1. The Morgan fingerprint density at radius 1 is 1.09 bits per heavy atom. The highest BCUT2D eigenvalue weighted by molar-refractivity contribution is 6.33. The highest BCUT2D eigenvalue weighted by atomic mass is 35.5. The molecule has 2 N–H and O–H groups in total. The standard InChI is InChI=1S/C25H23ClN4O2/c26-22-8-1-2-9-23(22)28-19-10-11-24-18(13-19)15-27-30(24)20-6-3-5-17(14-20)25(32)29-12-4-7-21(31)16-29/h1-3,5-6,8-11,13-15,21,28,31H,4,7,12,16H2. The van der Waals surface area contributed by atoms with Crippen molar-refractivity contribution in [2.45, 2.75) is 18.9 Å². The summed E-state index contributed by atoms with van der Waals surface area (Å²) >= 11 is 6.26. The molecule has 0 spiro atoms. The van der Waals surface area contributed by atoms with Crippen LogP contribution in [0, 0.1) is 0 Å². The van der Waals surface area contributed by atoms with Crippen molar-refractivity contribution in [2.24, 2.45) is 0 Å². The van der Waals surface area contributed by atoms with Gasteiger partial charge in [-0.1, -0.05) is 29.8 Å². The highest BCUT2D eigenvalue weighted by Crippen LogP contribution is 2.28. The van der Waals surface area contributed by atoms with Crippen molar-refractivity contribution < 1.29 is 9.90 Å². The van der Waals surface area contributed by atoms with Gasteiger partial charge in [-0.15, -0.1) is 0 Å². The van der Waals surface area contributed by atoms with E-state index in [2.05, 4.69) is 10.4 Å².